The third-order valence-corrected chi connectivity index (χ3v) is 2.26. The molecular formula is C8H13N. The monoisotopic (exact) mass is 123 g/mol. The van der Waals surface area contributed by atoms with E-state index in [4.69, 9.17) is 0 Å². The Bertz CT molecular complexity index is 115. The fourth-order valence-corrected chi connectivity index (χ4v) is 1.58. The van der Waals surface area contributed by atoms with E-state index in [0.717, 1.165) is 12.1 Å². The SMILES string of the molecule is C1=C\CCC2NC2CC/1. The van der Waals surface area contributed by atoms with E-state index in [2.05, 4.69) is 17.5 Å². The molecule has 0 aromatic carbocycles. The van der Waals surface area contributed by atoms with Gasteiger partial charge in [0, 0.05) is 12.1 Å². The van der Waals surface area contributed by atoms with Crippen LogP contribution in [0, 0.1) is 0 Å². The first kappa shape index (κ1) is 5.48. The molecule has 2 unspecified atom stereocenters. The standard InChI is InChI=1S/C8H13N/c1-2-4-6-8-7(9-8)5-3-1/h1-2,7-9H,3-6H2/b2-1-. The van der Waals surface area contributed by atoms with Crippen molar-refractivity contribution >= 4 is 0 Å². The van der Waals surface area contributed by atoms with Gasteiger partial charge in [-0.1, -0.05) is 12.2 Å². The Morgan fingerprint density at radius 3 is 2.11 bits per heavy atom. The average Bonchev–Trinajstić information content (AvgIpc) is 2.46. The molecule has 2 rings (SSSR count). The molecule has 0 amide bonds. The van der Waals surface area contributed by atoms with E-state index in [9.17, 15) is 0 Å². The van der Waals surface area contributed by atoms with Crippen molar-refractivity contribution in [1.29, 1.82) is 0 Å². The lowest BCUT2D eigenvalue weighted by molar-refractivity contribution is 0.731. The van der Waals surface area contributed by atoms with Crippen molar-refractivity contribution in [2.75, 3.05) is 0 Å². The van der Waals surface area contributed by atoms with Gasteiger partial charge in [0.1, 0.15) is 0 Å². The molecule has 1 saturated heterocycles. The first-order valence-electron chi connectivity index (χ1n) is 3.88. The van der Waals surface area contributed by atoms with E-state index in [0.29, 0.717) is 0 Å². The third kappa shape index (κ3) is 1.16. The van der Waals surface area contributed by atoms with Gasteiger partial charge in [0.05, 0.1) is 0 Å². The summed E-state index contributed by atoms with van der Waals surface area (Å²) in [6.07, 6.45) is 9.93. The minimum absolute atomic E-state index is 0.884. The van der Waals surface area contributed by atoms with Gasteiger partial charge in [-0.2, -0.15) is 0 Å². The highest BCUT2D eigenvalue weighted by Gasteiger charge is 2.34. The van der Waals surface area contributed by atoms with Gasteiger partial charge in [-0.25, -0.2) is 0 Å². The first-order valence-corrected chi connectivity index (χ1v) is 3.88. The van der Waals surface area contributed by atoms with Gasteiger partial charge in [-0.3, -0.25) is 0 Å². The molecule has 0 saturated carbocycles. The molecule has 2 atom stereocenters. The Morgan fingerprint density at radius 1 is 1.00 bits per heavy atom. The Balaban J connectivity index is 1.91. The van der Waals surface area contributed by atoms with E-state index in [1.54, 1.807) is 0 Å². The zero-order chi connectivity index (χ0) is 6.10. The van der Waals surface area contributed by atoms with Gasteiger partial charge in [0.15, 0.2) is 0 Å². The molecule has 0 aromatic rings. The molecule has 0 bridgehead atoms. The van der Waals surface area contributed by atoms with Crippen molar-refractivity contribution < 1.29 is 0 Å². The lowest BCUT2D eigenvalue weighted by Crippen LogP contribution is -1.94. The second-order valence-corrected chi connectivity index (χ2v) is 3.01. The molecule has 2 aliphatic rings. The van der Waals surface area contributed by atoms with E-state index < -0.39 is 0 Å². The van der Waals surface area contributed by atoms with Crippen LogP contribution in [-0.2, 0) is 0 Å². The molecule has 1 heterocycles. The summed E-state index contributed by atoms with van der Waals surface area (Å²) in [6, 6.07) is 1.77. The maximum absolute atomic E-state index is 3.47. The Kier molecular flexibility index (Phi) is 1.31. The number of allylic oxidation sites excluding steroid dienone is 2. The van der Waals surface area contributed by atoms with Gasteiger partial charge >= 0.3 is 0 Å². The summed E-state index contributed by atoms with van der Waals surface area (Å²) < 4.78 is 0. The van der Waals surface area contributed by atoms with Crippen molar-refractivity contribution in [2.24, 2.45) is 0 Å². The highest BCUT2D eigenvalue weighted by molar-refractivity contribution is 5.02. The maximum atomic E-state index is 3.47. The Labute approximate surface area is 56.1 Å². The van der Waals surface area contributed by atoms with Crippen molar-refractivity contribution in [3.05, 3.63) is 12.2 Å². The molecule has 9 heavy (non-hydrogen) atoms. The lowest BCUT2D eigenvalue weighted by atomic mass is 10.1. The van der Waals surface area contributed by atoms with Crippen LogP contribution in [0.4, 0.5) is 0 Å². The highest BCUT2D eigenvalue weighted by atomic mass is 15.1. The molecule has 1 fully saturated rings. The van der Waals surface area contributed by atoms with Crippen molar-refractivity contribution in [3.63, 3.8) is 0 Å². The minimum atomic E-state index is 0.884. The predicted octanol–water partition coefficient (Wildman–Crippen LogP) is 1.46. The molecule has 1 aliphatic heterocycles. The normalized spacial score (nSPS) is 44.4. The van der Waals surface area contributed by atoms with Gasteiger partial charge in [0.2, 0.25) is 0 Å². The van der Waals surface area contributed by atoms with Crippen LogP contribution in [0.5, 0.6) is 0 Å². The number of hydrogen-bond acceptors (Lipinski definition) is 1. The third-order valence-electron chi connectivity index (χ3n) is 2.26. The maximum Gasteiger partial charge on any atom is 0.0227 e. The predicted molar refractivity (Wildman–Crippen MR) is 38.3 cm³/mol. The summed E-state index contributed by atoms with van der Waals surface area (Å²) >= 11 is 0. The van der Waals surface area contributed by atoms with Gasteiger partial charge in [0.25, 0.3) is 0 Å². The molecule has 1 nitrogen and oxygen atoms in total. The van der Waals surface area contributed by atoms with Crippen LogP contribution in [0.25, 0.3) is 0 Å². The second kappa shape index (κ2) is 2.14. The second-order valence-electron chi connectivity index (χ2n) is 3.01. The summed E-state index contributed by atoms with van der Waals surface area (Å²) in [6.45, 7) is 0. The van der Waals surface area contributed by atoms with Crippen LogP contribution in [0.15, 0.2) is 12.2 Å². The Morgan fingerprint density at radius 2 is 1.56 bits per heavy atom. The zero-order valence-electron chi connectivity index (χ0n) is 5.64. The summed E-state index contributed by atoms with van der Waals surface area (Å²) in [5.74, 6) is 0. The van der Waals surface area contributed by atoms with Crippen LogP contribution in [0.2, 0.25) is 0 Å². The number of nitrogens with one attached hydrogen (secondary N) is 1. The van der Waals surface area contributed by atoms with Crippen molar-refractivity contribution in [1.82, 2.24) is 5.32 Å². The van der Waals surface area contributed by atoms with Crippen LogP contribution in [0.1, 0.15) is 25.7 Å². The van der Waals surface area contributed by atoms with Gasteiger partial charge in [-0.15, -0.1) is 0 Å². The van der Waals surface area contributed by atoms with E-state index in [-0.39, 0.29) is 0 Å². The molecule has 1 aliphatic carbocycles. The average molecular weight is 123 g/mol. The fraction of sp³-hybridized carbons (Fsp3) is 0.750. The number of hydrogen-bond donors (Lipinski definition) is 1. The van der Waals surface area contributed by atoms with E-state index in [1.165, 1.54) is 25.7 Å². The molecular weight excluding hydrogens is 110 g/mol. The summed E-state index contributed by atoms with van der Waals surface area (Å²) in [7, 11) is 0. The molecule has 0 radical (unpaired) electrons. The van der Waals surface area contributed by atoms with Crippen LogP contribution in [0.3, 0.4) is 0 Å². The zero-order valence-corrected chi connectivity index (χ0v) is 5.64. The fourth-order valence-electron chi connectivity index (χ4n) is 1.58. The highest BCUT2D eigenvalue weighted by Crippen LogP contribution is 2.23. The molecule has 1 N–H and O–H groups in total. The first-order chi connectivity index (χ1) is 4.47. The van der Waals surface area contributed by atoms with Gasteiger partial charge in [-0.05, 0) is 25.7 Å². The molecule has 50 valence electrons. The summed E-state index contributed by atoms with van der Waals surface area (Å²) in [5, 5.41) is 3.47. The van der Waals surface area contributed by atoms with Gasteiger partial charge < -0.3 is 5.32 Å². The van der Waals surface area contributed by atoms with Crippen LogP contribution in [-0.4, -0.2) is 12.1 Å². The van der Waals surface area contributed by atoms with Crippen LogP contribution < -0.4 is 5.32 Å². The summed E-state index contributed by atoms with van der Waals surface area (Å²) in [5.41, 5.74) is 0. The minimum Gasteiger partial charge on any atom is -0.308 e. The number of rotatable bonds is 0. The van der Waals surface area contributed by atoms with Crippen molar-refractivity contribution in [2.45, 2.75) is 37.8 Å². The summed E-state index contributed by atoms with van der Waals surface area (Å²) in [4.78, 5) is 0. The molecule has 0 aromatic heterocycles. The molecule has 0 spiro atoms. The Hall–Kier alpha value is -0.300. The molecule has 1 heteroatoms. The lowest BCUT2D eigenvalue weighted by Gasteiger charge is -1.97. The van der Waals surface area contributed by atoms with Crippen molar-refractivity contribution in [3.8, 4) is 0 Å². The quantitative estimate of drug-likeness (QED) is 0.382. The van der Waals surface area contributed by atoms with E-state index >= 15 is 0 Å². The largest absolute Gasteiger partial charge is 0.308 e. The topological polar surface area (TPSA) is 21.9 Å². The van der Waals surface area contributed by atoms with E-state index in [1.807, 2.05) is 0 Å². The van der Waals surface area contributed by atoms with Crippen LogP contribution >= 0.6 is 0 Å². The smallest absolute Gasteiger partial charge is 0.0227 e. The number of fused-ring (bicyclic) bond motifs is 1.